The fourth-order valence-corrected chi connectivity index (χ4v) is 2.34. The van der Waals surface area contributed by atoms with E-state index in [0.29, 0.717) is 27.7 Å². The largest absolute Gasteiger partial charge is 0.495 e. The molecule has 0 aliphatic carbocycles. The van der Waals surface area contributed by atoms with Crippen LogP contribution in [0.3, 0.4) is 0 Å². The van der Waals surface area contributed by atoms with Crippen molar-refractivity contribution in [2.45, 2.75) is 0 Å². The molecule has 0 aliphatic heterocycles. The smallest absolute Gasteiger partial charge is 0.257 e. The van der Waals surface area contributed by atoms with Crippen molar-refractivity contribution in [3.8, 4) is 11.4 Å². The monoisotopic (exact) mass is 329 g/mol. The first-order chi connectivity index (χ1) is 11.2. The van der Waals surface area contributed by atoms with Crippen molar-refractivity contribution in [3.63, 3.8) is 0 Å². The zero-order chi connectivity index (χ0) is 16.2. The standard InChI is InChI=1S/C15H12ClN5O2/c1-23-14-7-6-10(8-12(14)16)18-15(22)11-4-2-3-5-13(11)21-9-17-19-20-21/h2-9H,1H3,(H,18,22). The van der Waals surface area contributed by atoms with E-state index < -0.39 is 0 Å². The molecule has 0 saturated carbocycles. The highest BCUT2D eigenvalue weighted by atomic mass is 35.5. The number of para-hydroxylation sites is 1. The zero-order valence-electron chi connectivity index (χ0n) is 12.1. The van der Waals surface area contributed by atoms with Crippen LogP contribution in [0.15, 0.2) is 48.8 Å². The number of ether oxygens (including phenoxy) is 1. The van der Waals surface area contributed by atoms with Crippen molar-refractivity contribution in [2.24, 2.45) is 0 Å². The molecule has 1 amide bonds. The molecule has 0 fully saturated rings. The third-order valence-electron chi connectivity index (χ3n) is 3.15. The summed E-state index contributed by atoms with van der Waals surface area (Å²) in [5, 5.41) is 14.2. The lowest BCUT2D eigenvalue weighted by atomic mass is 10.1. The Kier molecular flexibility index (Phi) is 4.20. The van der Waals surface area contributed by atoms with Gasteiger partial charge in [-0.25, -0.2) is 0 Å². The van der Waals surface area contributed by atoms with Crippen LogP contribution in [0.4, 0.5) is 5.69 Å². The Balaban J connectivity index is 1.88. The number of halogens is 1. The van der Waals surface area contributed by atoms with Crippen LogP contribution in [0.1, 0.15) is 10.4 Å². The molecule has 1 aromatic heterocycles. The number of tetrazole rings is 1. The lowest BCUT2D eigenvalue weighted by Crippen LogP contribution is -2.15. The summed E-state index contributed by atoms with van der Waals surface area (Å²) < 4.78 is 6.51. The molecule has 0 unspecified atom stereocenters. The van der Waals surface area contributed by atoms with Gasteiger partial charge >= 0.3 is 0 Å². The third-order valence-corrected chi connectivity index (χ3v) is 3.45. The summed E-state index contributed by atoms with van der Waals surface area (Å²) in [5.74, 6) is 0.246. The Morgan fingerprint density at radius 3 is 2.78 bits per heavy atom. The summed E-state index contributed by atoms with van der Waals surface area (Å²) in [7, 11) is 1.53. The van der Waals surface area contributed by atoms with Crippen LogP contribution in [-0.4, -0.2) is 33.2 Å². The molecule has 0 bridgehead atoms. The molecule has 1 N–H and O–H groups in total. The average Bonchev–Trinajstić information content (AvgIpc) is 3.09. The highest BCUT2D eigenvalue weighted by Gasteiger charge is 2.14. The summed E-state index contributed by atoms with van der Waals surface area (Å²) in [6.07, 6.45) is 1.43. The maximum absolute atomic E-state index is 12.5. The fourth-order valence-electron chi connectivity index (χ4n) is 2.08. The molecule has 0 atom stereocenters. The molecular formula is C15H12ClN5O2. The van der Waals surface area contributed by atoms with Crippen molar-refractivity contribution >= 4 is 23.2 Å². The molecule has 0 spiro atoms. The van der Waals surface area contributed by atoms with Crippen LogP contribution >= 0.6 is 11.6 Å². The van der Waals surface area contributed by atoms with Crippen molar-refractivity contribution < 1.29 is 9.53 Å². The molecule has 116 valence electrons. The average molecular weight is 330 g/mol. The molecule has 0 saturated heterocycles. The van der Waals surface area contributed by atoms with Gasteiger partial charge in [0.05, 0.1) is 23.4 Å². The van der Waals surface area contributed by atoms with E-state index in [2.05, 4.69) is 20.8 Å². The molecule has 23 heavy (non-hydrogen) atoms. The highest BCUT2D eigenvalue weighted by molar-refractivity contribution is 6.32. The highest BCUT2D eigenvalue weighted by Crippen LogP contribution is 2.27. The number of rotatable bonds is 4. The van der Waals surface area contributed by atoms with Crippen LogP contribution in [-0.2, 0) is 0 Å². The number of carbonyl (C=O) groups excluding carboxylic acids is 1. The summed E-state index contributed by atoms with van der Waals surface area (Å²) in [5.41, 5.74) is 1.58. The molecule has 1 heterocycles. The maximum atomic E-state index is 12.5. The maximum Gasteiger partial charge on any atom is 0.257 e. The van der Waals surface area contributed by atoms with E-state index in [4.69, 9.17) is 16.3 Å². The number of nitrogens with one attached hydrogen (secondary N) is 1. The fraction of sp³-hybridized carbons (Fsp3) is 0.0667. The van der Waals surface area contributed by atoms with Crippen molar-refractivity contribution in [2.75, 3.05) is 12.4 Å². The van der Waals surface area contributed by atoms with Gasteiger partial charge in [-0.05, 0) is 40.8 Å². The van der Waals surface area contributed by atoms with E-state index >= 15 is 0 Å². The Bertz CT molecular complexity index is 836. The summed E-state index contributed by atoms with van der Waals surface area (Å²) in [6.45, 7) is 0. The third kappa shape index (κ3) is 3.14. The zero-order valence-corrected chi connectivity index (χ0v) is 12.9. The number of anilines is 1. The summed E-state index contributed by atoms with van der Waals surface area (Å²) >= 11 is 6.06. The number of carbonyl (C=O) groups is 1. The lowest BCUT2D eigenvalue weighted by Gasteiger charge is -2.10. The minimum atomic E-state index is -0.294. The number of methoxy groups -OCH3 is 1. The van der Waals surface area contributed by atoms with Crippen LogP contribution in [0.25, 0.3) is 5.69 Å². The SMILES string of the molecule is COc1ccc(NC(=O)c2ccccc2-n2cnnn2)cc1Cl. The van der Waals surface area contributed by atoms with Gasteiger partial charge in [0.25, 0.3) is 5.91 Å². The van der Waals surface area contributed by atoms with Crippen molar-refractivity contribution in [1.29, 1.82) is 0 Å². The first-order valence-electron chi connectivity index (χ1n) is 6.66. The molecule has 8 heteroatoms. The number of aromatic nitrogens is 4. The minimum Gasteiger partial charge on any atom is -0.495 e. The Hall–Kier alpha value is -2.93. The number of benzene rings is 2. The number of hydrogen-bond acceptors (Lipinski definition) is 5. The predicted octanol–water partition coefficient (Wildman–Crippen LogP) is 2.58. The summed E-state index contributed by atoms with van der Waals surface area (Å²) in [6, 6.07) is 12.0. The molecule has 3 aromatic rings. The van der Waals surface area contributed by atoms with E-state index in [9.17, 15) is 4.79 Å². The van der Waals surface area contributed by atoms with Gasteiger partial charge in [-0.15, -0.1) is 5.10 Å². The summed E-state index contributed by atoms with van der Waals surface area (Å²) in [4.78, 5) is 12.5. The molecule has 0 radical (unpaired) electrons. The minimum absolute atomic E-state index is 0.294. The Morgan fingerprint density at radius 1 is 1.26 bits per heavy atom. The second-order valence-corrected chi connectivity index (χ2v) is 4.98. The van der Waals surface area contributed by atoms with Gasteiger partial charge in [-0.2, -0.15) is 4.68 Å². The van der Waals surface area contributed by atoms with Crippen LogP contribution in [0.2, 0.25) is 5.02 Å². The first kappa shape index (κ1) is 15.0. The van der Waals surface area contributed by atoms with E-state index in [0.717, 1.165) is 0 Å². The van der Waals surface area contributed by atoms with Gasteiger partial charge in [0.1, 0.15) is 12.1 Å². The first-order valence-corrected chi connectivity index (χ1v) is 7.04. The topological polar surface area (TPSA) is 81.9 Å². The van der Waals surface area contributed by atoms with Crippen LogP contribution in [0, 0.1) is 0 Å². The number of nitrogens with zero attached hydrogens (tertiary/aromatic N) is 4. The molecule has 0 aliphatic rings. The molecule has 3 rings (SSSR count). The predicted molar refractivity (Wildman–Crippen MR) is 85.1 cm³/mol. The molecular weight excluding hydrogens is 318 g/mol. The van der Waals surface area contributed by atoms with E-state index in [1.165, 1.54) is 18.1 Å². The van der Waals surface area contributed by atoms with E-state index in [1.807, 2.05) is 0 Å². The second kappa shape index (κ2) is 6.45. The van der Waals surface area contributed by atoms with Gasteiger partial charge < -0.3 is 10.1 Å². The Labute approximate surface area is 136 Å². The Morgan fingerprint density at radius 2 is 2.09 bits per heavy atom. The van der Waals surface area contributed by atoms with Crippen LogP contribution in [0.5, 0.6) is 5.75 Å². The van der Waals surface area contributed by atoms with Gasteiger partial charge in [0, 0.05) is 5.69 Å². The normalized spacial score (nSPS) is 10.3. The van der Waals surface area contributed by atoms with E-state index in [1.54, 1.807) is 42.5 Å². The number of hydrogen-bond donors (Lipinski definition) is 1. The van der Waals surface area contributed by atoms with Gasteiger partial charge in [0.15, 0.2) is 0 Å². The van der Waals surface area contributed by atoms with Crippen molar-refractivity contribution in [1.82, 2.24) is 20.2 Å². The quantitative estimate of drug-likeness (QED) is 0.795. The van der Waals surface area contributed by atoms with Gasteiger partial charge in [-0.1, -0.05) is 23.7 Å². The second-order valence-electron chi connectivity index (χ2n) is 4.57. The molecule has 2 aromatic carbocycles. The van der Waals surface area contributed by atoms with Crippen molar-refractivity contribution in [3.05, 3.63) is 59.4 Å². The van der Waals surface area contributed by atoms with E-state index in [-0.39, 0.29) is 5.91 Å². The van der Waals surface area contributed by atoms with Gasteiger partial charge in [0.2, 0.25) is 0 Å². The lowest BCUT2D eigenvalue weighted by molar-refractivity contribution is 0.102. The molecule has 7 nitrogen and oxygen atoms in total. The van der Waals surface area contributed by atoms with Gasteiger partial charge in [-0.3, -0.25) is 4.79 Å². The number of amides is 1. The van der Waals surface area contributed by atoms with Crippen LogP contribution < -0.4 is 10.1 Å².